The number of aliphatic carboxylic acids is 1. The lowest BCUT2D eigenvalue weighted by atomic mass is 10.0. The van der Waals surface area contributed by atoms with Crippen LogP contribution in [0.3, 0.4) is 0 Å². The maximum Gasteiger partial charge on any atom is 0.315 e. The molecule has 3 rings (SSSR count). The van der Waals surface area contributed by atoms with Gasteiger partial charge >= 0.3 is 12.0 Å². The molecule has 0 saturated carbocycles. The summed E-state index contributed by atoms with van der Waals surface area (Å²) in [6, 6.07) is 14.3. The van der Waals surface area contributed by atoms with Crippen LogP contribution >= 0.6 is 23.5 Å². The fraction of sp³-hybridized carbons (Fsp3) is 0.364. The molecule has 1 aliphatic rings. The Labute approximate surface area is 190 Å². The molecule has 1 heterocycles. The van der Waals surface area contributed by atoms with Crippen molar-refractivity contribution in [3.8, 4) is 11.5 Å². The van der Waals surface area contributed by atoms with E-state index in [1.807, 2.05) is 18.2 Å². The minimum Gasteiger partial charge on any atom is -0.481 e. The number of carbonyl (C=O) groups excluding carboxylic acids is 1. The van der Waals surface area contributed by atoms with E-state index in [0.717, 1.165) is 12.2 Å². The van der Waals surface area contributed by atoms with Gasteiger partial charge in [-0.3, -0.25) is 4.79 Å². The number of ether oxygens (including phenoxy) is 2. The topological polar surface area (TPSA) is 96.9 Å². The monoisotopic (exact) mass is 462 g/mol. The van der Waals surface area contributed by atoms with Crippen molar-refractivity contribution in [3.05, 3.63) is 54.1 Å². The van der Waals surface area contributed by atoms with Crippen LogP contribution in [0.25, 0.3) is 0 Å². The van der Waals surface area contributed by atoms with Crippen LogP contribution in [0.4, 0.5) is 4.79 Å². The average Bonchev–Trinajstić information content (AvgIpc) is 3.24. The fourth-order valence-corrected chi connectivity index (χ4v) is 5.08. The van der Waals surface area contributed by atoms with E-state index in [9.17, 15) is 14.7 Å². The number of thioether (sulfide) groups is 2. The van der Waals surface area contributed by atoms with Gasteiger partial charge in [0.05, 0.1) is 12.5 Å². The van der Waals surface area contributed by atoms with Crippen molar-refractivity contribution >= 4 is 35.5 Å². The van der Waals surface area contributed by atoms with E-state index >= 15 is 0 Å². The summed E-state index contributed by atoms with van der Waals surface area (Å²) in [6.45, 7) is 0.642. The van der Waals surface area contributed by atoms with Crippen molar-refractivity contribution < 1.29 is 24.2 Å². The van der Waals surface area contributed by atoms with Crippen LogP contribution in [-0.2, 0) is 4.79 Å². The molecule has 9 heteroatoms. The fourth-order valence-electron chi connectivity index (χ4n) is 3.09. The van der Waals surface area contributed by atoms with Crippen LogP contribution < -0.4 is 20.1 Å². The molecule has 2 atom stereocenters. The molecule has 2 aromatic carbocycles. The molecule has 0 fully saturated rings. The number of carboxylic acids is 1. The van der Waals surface area contributed by atoms with Crippen LogP contribution in [-0.4, -0.2) is 47.7 Å². The molecule has 7 nitrogen and oxygen atoms in total. The number of hydrogen-bond donors (Lipinski definition) is 3. The summed E-state index contributed by atoms with van der Waals surface area (Å²) in [5, 5.41) is 15.3. The van der Waals surface area contributed by atoms with Gasteiger partial charge in [-0.1, -0.05) is 24.3 Å². The quantitative estimate of drug-likeness (QED) is 0.432. The number of fused-ring (bicyclic) bond motifs is 1. The second-order valence-corrected chi connectivity index (χ2v) is 9.17. The molecule has 2 amide bonds. The SMILES string of the molecule is CSC(CCNC(=O)N[C@@H](CC(=O)O)c1ccc2c(c1)OCO2)CSc1ccccc1. The predicted octanol–water partition coefficient (Wildman–Crippen LogP) is 4.14. The predicted molar refractivity (Wildman–Crippen MR) is 123 cm³/mol. The van der Waals surface area contributed by atoms with E-state index in [4.69, 9.17) is 9.47 Å². The summed E-state index contributed by atoms with van der Waals surface area (Å²) in [4.78, 5) is 24.9. The summed E-state index contributed by atoms with van der Waals surface area (Å²) in [6.07, 6.45) is 2.66. The Hall–Kier alpha value is -2.52. The Bertz CT molecular complexity index is 881. The van der Waals surface area contributed by atoms with Gasteiger partial charge < -0.3 is 25.2 Å². The van der Waals surface area contributed by atoms with Crippen LogP contribution in [0.2, 0.25) is 0 Å². The van der Waals surface area contributed by atoms with Gasteiger partial charge in [-0.2, -0.15) is 11.8 Å². The van der Waals surface area contributed by atoms with Gasteiger partial charge in [0.25, 0.3) is 0 Å². The van der Waals surface area contributed by atoms with Gasteiger partial charge in [-0.15, -0.1) is 11.8 Å². The summed E-state index contributed by atoms with van der Waals surface area (Å²) in [5.74, 6) is 1.11. The number of carboxylic acid groups (broad SMARTS) is 1. The molecule has 0 spiro atoms. The third-order valence-corrected chi connectivity index (χ3v) is 7.20. The number of benzene rings is 2. The molecule has 0 aromatic heterocycles. The number of carbonyl (C=O) groups is 2. The molecule has 0 bridgehead atoms. The van der Waals surface area contributed by atoms with Crippen LogP contribution in [0.1, 0.15) is 24.4 Å². The smallest absolute Gasteiger partial charge is 0.315 e. The maximum absolute atomic E-state index is 12.4. The molecule has 0 aliphatic carbocycles. The van der Waals surface area contributed by atoms with Gasteiger partial charge in [0, 0.05) is 22.4 Å². The van der Waals surface area contributed by atoms with Crippen molar-refractivity contribution in [1.82, 2.24) is 10.6 Å². The zero-order chi connectivity index (χ0) is 22.1. The van der Waals surface area contributed by atoms with E-state index in [0.29, 0.717) is 28.9 Å². The lowest BCUT2D eigenvalue weighted by molar-refractivity contribution is -0.137. The van der Waals surface area contributed by atoms with E-state index in [1.54, 1.807) is 41.7 Å². The zero-order valence-electron chi connectivity index (χ0n) is 17.2. The largest absolute Gasteiger partial charge is 0.481 e. The average molecular weight is 463 g/mol. The highest BCUT2D eigenvalue weighted by atomic mass is 32.2. The Morgan fingerprint density at radius 3 is 2.65 bits per heavy atom. The molecule has 3 N–H and O–H groups in total. The van der Waals surface area contributed by atoms with E-state index in [2.05, 4.69) is 29.0 Å². The van der Waals surface area contributed by atoms with Gasteiger partial charge in [0.1, 0.15) is 0 Å². The summed E-state index contributed by atoms with van der Waals surface area (Å²) in [7, 11) is 0. The Kier molecular flexibility index (Phi) is 8.78. The highest BCUT2D eigenvalue weighted by Gasteiger charge is 2.22. The molecular formula is C22H26N2O5S2. The first-order chi connectivity index (χ1) is 15.0. The van der Waals surface area contributed by atoms with E-state index in [1.165, 1.54) is 4.90 Å². The number of rotatable bonds is 11. The first-order valence-corrected chi connectivity index (χ1v) is 12.2. The Balaban J connectivity index is 1.48. The molecule has 1 unspecified atom stereocenters. The number of amides is 2. The van der Waals surface area contributed by atoms with Crippen molar-refractivity contribution in [1.29, 1.82) is 0 Å². The molecule has 166 valence electrons. The molecule has 2 aromatic rings. The van der Waals surface area contributed by atoms with Crippen LogP contribution in [0, 0.1) is 0 Å². The Morgan fingerprint density at radius 2 is 1.90 bits per heavy atom. The second-order valence-electron chi connectivity index (χ2n) is 6.93. The third kappa shape index (κ3) is 7.29. The van der Waals surface area contributed by atoms with Crippen molar-refractivity contribution in [3.63, 3.8) is 0 Å². The Morgan fingerprint density at radius 1 is 1.13 bits per heavy atom. The minimum atomic E-state index is -0.997. The summed E-state index contributed by atoms with van der Waals surface area (Å²) in [5.41, 5.74) is 0.656. The number of urea groups is 1. The standard InChI is InChI=1S/C22H26N2O5S2/c1-30-17(13-31-16-5-3-2-4-6-16)9-10-23-22(27)24-18(12-21(25)26)15-7-8-19-20(11-15)29-14-28-19/h2-8,11,17-18H,9-10,12-14H2,1H3,(H,25,26)(H2,23,24,27)/t17?,18-/m0/s1. The normalized spacial score (nSPS) is 14.0. The molecular weight excluding hydrogens is 436 g/mol. The van der Waals surface area contributed by atoms with Crippen molar-refractivity contribution in [2.45, 2.75) is 29.0 Å². The number of hydrogen-bond acceptors (Lipinski definition) is 6. The summed E-state index contributed by atoms with van der Waals surface area (Å²) < 4.78 is 10.6. The summed E-state index contributed by atoms with van der Waals surface area (Å²) >= 11 is 3.58. The molecule has 31 heavy (non-hydrogen) atoms. The van der Waals surface area contributed by atoms with Gasteiger partial charge in [-0.25, -0.2) is 4.79 Å². The minimum absolute atomic E-state index is 0.134. The second kappa shape index (κ2) is 11.8. The lowest BCUT2D eigenvalue weighted by Crippen LogP contribution is -2.39. The van der Waals surface area contributed by atoms with Crippen molar-refractivity contribution in [2.75, 3.05) is 25.3 Å². The lowest BCUT2D eigenvalue weighted by Gasteiger charge is -2.19. The molecule has 1 aliphatic heterocycles. The maximum atomic E-state index is 12.4. The third-order valence-electron chi connectivity index (χ3n) is 4.75. The first-order valence-electron chi connectivity index (χ1n) is 9.91. The van der Waals surface area contributed by atoms with Gasteiger partial charge in [0.15, 0.2) is 11.5 Å². The van der Waals surface area contributed by atoms with E-state index in [-0.39, 0.29) is 19.2 Å². The molecule has 0 saturated heterocycles. The van der Waals surface area contributed by atoms with E-state index < -0.39 is 12.0 Å². The van der Waals surface area contributed by atoms with Crippen LogP contribution in [0.15, 0.2) is 53.4 Å². The van der Waals surface area contributed by atoms with Crippen molar-refractivity contribution in [2.24, 2.45) is 0 Å². The highest BCUT2D eigenvalue weighted by molar-refractivity contribution is 8.03. The van der Waals surface area contributed by atoms with Gasteiger partial charge in [-0.05, 0) is 42.5 Å². The first kappa shape index (κ1) is 23.1. The van der Waals surface area contributed by atoms with Gasteiger partial charge in [0.2, 0.25) is 6.79 Å². The molecule has 0 radical (unpaired) electrons. The zero-order valence-corrected chi connectivity index (χ0v) is 18.8. The van der Waals surface area contributed by atoms with Crippen LogP contribution in [0.5, 0.6) is 11.5 Å². The number of nitrogens with one attached hydrogen (secondary N) is 2. The highest BCUT2D eigenvalue weighted by Crippen LogP contribution is 2.34.